The van der Waals surface area contributed by atoms with Crippen molar-refractivity contribution in [3.8, 4) is 0 Å². The van der Waals surface area contributed by atoms with Crippen molar-refractivity contribution >= 4 is 0 Å². The van der Waals surface area contributed by atoms with Crippen LogP contribution in [0.3, 0.4) is 0 Å². The molecular weight excluding hydrogens is 114 g/mol. The van der Waals surface area contributed by atoms with Crippen LogP contribution >= 0.6 is 0 Å². The monoisotopic (exact) mass is 129 g/mol. The highest BCUT2D eigenvalue weighted by Gasteiger charge is 2.20. The minimum Gasteiger partial charge on any atom is -0.393 e. The average Bonchev–Trinajstić information content (AvgIpc) is 1.59. The molecule has 1 heterocycles. The molecule has 0 spiro atoms. The standard InChI is InChI=1S/C7H15NO/c1-5-3-7(9)4-6(2)8-5/h5-9H,3-4H2,1-2H3/t5-,6-/m0/s1. The molecule has 2 atom stereocenters. The molecule has 0 bridgehead atoms. The highest BCUT2D eigenvalue weighted by atomic mass is 16.3. The lowest BCUT2D eigenvalue weighted by molar-refractivity contribution is 0.102. The Labute approximate surface area is 56.3 Å². The minimum absolute atomic E-state index is 0.0729. The molecule has 2 N–H and O–H groups in total. The number of piperidine rings is 1. The summed E-state index contributed by atoms with van der Waals surface area (Å²) in [5, 5.41) is 12.6. The lowest BCUT2D eigenvalue weighted by atomic mass is 9.98. The molecule has 9 heavy (non-hydrogen) atoms. The van der Waals surface area contributed by atoms with Gasteiger partial charge in [0.1, 0.15) is 0 Å². The molecule has 0 saturated carbocycles. The van der Waals surface area contributed by atoms with Gasteiger partial charge in [-0.2, -0.15) is 0 Å². The predicted octanol–water partition coefficient (Wildman–Crippen LogP) is 0.508. The van der Waals surface area contributed by atoms with Crippen LogP contribution in [0, 0.1) is 0 Å². The Morgan fingerprint density at radius 3 is 2.00 bits per heavy atom. The maximum Gasteiger partial charge on any atom is 0.0569 e. The van der Waals surface area contributed by atoms with Gasteiger partial charge in [-0.1, -0.05) is 0 Å². The lowest BCUT2D eigenvalue weighted by Gasteiger charge is -2.29. The molecule has 0 aromatic carbocycles. The van der Waals surface area contributed by atoms with Crippen molar-refractivity contribution in [2.45, 2.75) is 44.9 Å². The zero-order valence-electron chi connectivity index (χ0n) is 6.09. The normalized spacial score (nSPS) is 45.0. The predicted molar refractivity (Wildman–Crippen MR) is 37.3 cm³/mol. The number of hydrogen-bond acceptors (Lipinski definition) is 2. The zero-order valence-corrected chi connectivity index (χ0v) is 6.09. The van der Waals surface area contributed by atoms with Gasteiger partial charge in [-0.3, -0.25) is 0 Å². The Hall–Kier alpha value is -0.0800. The Kier molecular flexibility index (Phi) is 2.09. The van der Waals surface area contributed by atoms with Crippen LogP contribution in [0.15, 0.2) is 0 Å². The number of aliphatic hydroxyl groups excluding tert-OH is 1. The summed E-state index contributed by atoms with van der Waals surface area (Å²) in [5.74, 6) is 0. The van der Waals surface area contributed by atoms with Gasteiger partial charge in [0.15, 0.2) is 0 Å². The van der Waals surface area contributed by atoms with Crippen molar-refractivity contribution in [1.29, 1.82) is 0 Å². The van der Waals surface area contributed by atoms with Gasteiger partial charge in [0, 0.05) is 12.1 Å². The summed E-state index contributed by atoms with van der Waals surface area (Å²) >= 11 is 0. The fraction of sp³-hybridized carbons (Fsp3) is 1.00. The third-order valence-electron chi connectivity index (χ3n) is 1.82. The van der Waals surface area contributed by atoms with Crippen molar-refractivity contribution in [2.75, 3.05) is 0 Å². The lowest BCUT2D eigenvalue weighted by Crippen LogP contribution is -2.44. The van der Waals surface area contributed by atoms with E-state index in [9.17, 15) is 5.11 Å². The van der Waals surface area contributed by atoms with Crippen LogP contribution in [0.25, 0.3) is 0 Å². The summed E-state index contributed by atoms with van der Waals surface area (Å²) in [6.07, 6.45) is 1.74. The molecule has 0 unspecified atom stereocenters. The van der Waals surface area contributed by atoms with E-state index in [4.69, 9.17) is 0 Å². The van der Waals surface area contributed by atoms with E-state index < -0.39 is 0 Å². The van der Waals surface area contributed by atoms with Crippen molar-refractivity contribution < 1.29 is 5.11 Å². The minimum atomic E-state index is -0.0729. The van der Waals surface area contributed by atoms with E-state index >= 15 is 0 Å². The van der Waals surface area contributed by atoms with E-state index in [2.05, 4.69) is 19.2 Å². The molecule has 0 aromatic heterocycles. The van der Waals surface area contributed by atoms with E-state index in [1.807, 2.05) is 0 Å². The van der Waals surface area contributed by atoms with Gasteiger partial charge < -0.3 is 10.4 Å². The first-order valence-electron chi connectivity index (χ1n) is 3.62. The molecule has 1 fully saturated rings. The molecule has 0 amide bonds. The molecule has 1 rings (SSSR count). The van der Waals surface area contributed by atoms with Gasteiger partial charge in [-0.15, -0.1) is 0 Å². The molecule has 0 aromatic rings. The topological polar surface area (TPSA) is 32.3 Å². The van der Waals surface area contributed by atoms with Crippen LogP contribution in [0.2, 0.25) is 0 Å². The van der Waals surface area contributed by atoms with Crippen LogP contribution in [0.5, 0.6) is 0 Å². The smallest absolute Gasteiger partial charge is 0.0569 e. The second-order valence-corrected chi connectivity index (χ2v) is 3.09. The first kappa shape index (κ1) is 7.03. The van der Waals surface area contributed by atoms with Gasteiger partial charge in [-0.25, -0.2) is 0 Å². The summed E-state index contributed by atoms with van der Waals surface area (Å²) < 4.78 is 0. The Bertz CT molecular complexity index is 69.9. The maximum absolute atomic E-state index is 9.21. The highest BCUT2D eigenvalue weighted by Crippen LogP contribution is 2.11. The van der Waals surface area contributed by atoms with Gasteiger partial charge in [-0.05, 0) is 26.7 Å². The van der Waals surface area contributed by atoms with Crippen LogP contribution < -0.4 is 5.32 Å². The number of rotatable bonds is 0. The first-order chi connectivity index (χ1) is 4.18. The largest absolute Gasteiger partial charge is 0.393 e. The summed E-state index contributed by atoms with van der Waals surface area (Å²) in [5.41, 5.74) is 0. The summed E-state index contributed by atoms with van der Waals surface area (Å²) in [4.78, 5) is 0. The third-order valence-corrected chi connectivity index (χ3v) is 1.82. The van der Waals surface area contributed by atoms with Gasteiger partial charge >= 0.3 is 0 Å². The third kappa shape index (κ3) is 1.95. The Morgan fingerprint density at radius 2 is 1.67 bits per heavy atom. The molecule has 0 aliphatic carbocycles. The molecule has 1 aliphatic rings. The second kappa shape index (κ2) is 2.67. The molecule has 1 aliphatic heterocycles. The fourth-order valence-electron chi connectivity index (χ4n) is 1.53. The molecule has 54 valence electrons. The maximum atomic E-state index is 9.21. The van der Waals surface area contributed by atoms with Crippen LogP contribution in [0.4, 0.5) is 0 Å². The molecular formula is C7H15NO. The summed E-state index contributed by atoms with van der Waals surface area (Å²) in [6.45, 7) is 4.22. The molecule has 1 saturated heterocycles. The van der Waals surface area contributed by atoms with E-state index in [1.165, 1.54) is 0 Å². The molecule has 0 radical (unpaired) electrons. The van der Waals surface area contributed by atoms with E-state index in [-0.39, 0.29) is 6.10 Å². The number of nitrogens with one attached hydrogen (secondary N) is 1. The number of aliphatic hydroxyl groups is 1. The molecule has 2 nitrogen and oxygen atoms in total. The molecule has 2 heteroatoms. The first-order valence-corrected chi connectivity index (χ1v) is 3.62. The SMILES string of the molecule is C[C@H]1CC(O)C[C@H](C)N1. The van der Waals surface area contributed by atoms with Crippen LogP contribution in [-0.4, -0.2) is 23.3 Å². The highest BCUT2D eigenvalue weighted by molar-refractivity contribution is 4.79. The summed E-state index contributed by atoms with van der Waals surface area (Å²) in [6, 6.07) is 0.979. The van der Waals surface area contributed by atoms with Crippen LogP contribution in [0.1, 0.15) is 26.7 Å². The van der Waals surface area contributed by atoms with Gasteiger partial charge in [0.25, 0.3) is 0 Å². The van der Waals surface area contributed by atoms with Crippen LogP contribution in [-0.2, 0) is 0 Å². The van der Waals surface area contributed by atoms with Gasteiger partial charge in [0.05, 0.1) is 6.10 Å². The van der Waals surface area contributed by atoms with Crippen molar-refractivity contribution in [1.82, 2.24) is 5.32 Å². The van der Waals surface area contributed by atoms with Gasteiger partial charge in [0.2, 0.25) is 0 Å². The Morgan fingerprint density at radius 1 is 1.22 bits per heavy atom. The number of hydrogen-bond donors (Lipinski definition) is 2. The second-order valence-electron chi connectivity index (χ2n) is 3.09. The zero-order chi connectivity index (χ0) is 6.85. The Balaban J connectivity index is 2.34. The van der Waals surface area contributed by atoms with E-state index in [0.717, 1.165) is 12.8 Å². The van der Waals surface area contributed by atoms with Crippen molar-refractivity contribution in [3.05, 3.63) is 0 Å². The van der Waals surface area contributed by atoms with Crippen molar-refractivity contribution in [2.24, 2.45) is 0 Å². The average molecular weight is 129 g/mol. The van der Waals surface area contributed by atoms with E-state index in [1.54, 1.807) is 0 Å². The quantitative estimate of drug-likeness (QED) is 0.499. The van der Waals surface area contributed by atoms with E-state index in [0.29, 0.717) is 12.1 Å². The fourth-order valence-corrected chi connectivity index (χ4v) is 1.53. The van der Waals surface area contributed by atoms with Crippen molar-refractivity contribution in [3.63, 3.8) is 0 Å². The summed E-state index contributed by atoms with van der Waals surface area (Å²) in [7, 11) is 0.